The van der Waals surface area contributed by atoms with Crippen molar-refractivity contribution in [3.63, 3.8) is 0 Å². The number of carbonyl (C=O) groups is 1. The molecule has 0 aliphatic carbocycles. The molecule has 1 unspecified atom stereocenters. The molecule has 1 saturated heterocycles. The van der Waals surface area contributed by atoms with Crippen LogP contribution >= 0.6 is 11.6 Å². The van der Waals surface area contributed by atoms with E-state index in [0.717, 1.165) is 28.6 Å². The third-order valence-electron chi connectivity index (χ3n) is 4.26. The van der Waals surface area contributed by atoms with Crippen LogP contribution in [-0.2, 0) is 14.8 Å². The summed E-state index contributed by atoms with van der Waals surface area (Å²) in [6.07, 6.45) is -1.09. The van der Waals surface area contributed by atoms with Gasteiger partial charge in [-0.2, -0.15) is 4.31 Å². The van der Waals surface area contributed by atoms with E-state index in [0.29, 0.717) is 6.07 Å². The molecule has 0 bridgehead atoms. The van der Waals surface area contributed by atoms with Gasteiger partial charge in [0.15, 0.2) is 11.6 Å². The standard InChI is InChI=1S/C18H16ClF3N2O5S/c19-13-6-11(7-15(21)17(13)22)23-18(26)10-1-2-14(20)16(5-10)30(27,28)24-3-4-29-9-12(25)8-24/h1-2,5-7,12,25H,3-4,8-9H2,(H,23,26). The van der Waals surface area contributed by atoms with Gasteiger partial charge < -0.3 is 15.2 Å². The van der Waals surface area contributed by atoms with Gasteiger partial charge in [-0.05, 0) is 24.3 Å². The molecule has 2 aromatic rings. The molecule has 2 N–H and O–H groups in total. The van der Waals surface area contributed by atoms with Gasteiger partial charge in [-0.3, -0.25) is 4.79 Å². The number of benzene rings is 2. The van der Waals surface area contributed by atoms with E-state index < -0.39 is 49.4 Å². The van der Waals surface area contributed by atoms with Crippen LogP contribution < -0.4 is 5.32 Å². The van der Waals surface area contributed by atoms with Gasteiger partial charge >= 0.3 is 0 Å². The molecule has 1 aliphatic heterocycles. The minimum Gasteiger partial charge on any atom is -0.389 e. The van der Waals surface area contributed by atoms with Crippen LogP contribution in [0.1, 0.15) is 10.4 Å². The lowest BCUT2D eigenvalue weighted by atomic mass is 10.2. The number of amides is 1. The number of ether oxygens (including phenoxy) is 1. The fourth-order valence-corrected chi connectivity index (χ4v) is 4.55. The highest BCUT2D eigenvalue weighted by Gasteiger charge is 2.31. The monoisotopic (exact) mass is 464 g/mol. The number of sulfonamides is 1. The second-order valence-corrected chi connectivity index (χ2v) is 8.76. The molecular weight excluding hydrogens is 449 g/mol. The Morgan fingerprint density at radius 3 is 2.63 bits per heavy atom. The Bertz CT molecular complexity index is 1060. The van der Waals surface area contributed by atoms with Crippen molar-refractivity contribution >= 4 is 33.2 Å². The highest BCUT2D eigenvalue weighted by Crippen LogP contribution is 2.25. The zero-order valence-electron chi connectivity index (χ0n) is 15.2. The van der Waals surface area contributed by atoms with Crippen LogP contribution in [-0.4, -0.2) is 56.1 Å². The lowest BCUT2D eigenvalue weighted by molar-refractivity contribution is 0.0583. The summed E-state index contributed by atoms with van der Waals surface area (Å²) >= 11 is 5.53. The van der Waals surface area contributed by atoms with Crippen molar-refractivity contribution < 1.29 is 36.2 Å². The highest BCUT2D eigenvalue weighted by atomic mass is 35.5. The summed E-state index contributed by atoms with van der Waals surface area (Å²) in [6, 6.07) is 4.31. The molecule has 0 aromatic heterocycles. The van der Waals surface area contributed by atoms with Crippen LogP contribution in [0, 0.1) is 17.5 Å². The smallest absolute Gasteiger partial charge is 0.255 e. The number of aliphatic hydroxyl groups is 1. The van der Waals surface area contributed by atoms with E-state index in [2.05, 4.69) is 5.32 Å². The Labute approximate surface area is 175 Å². The van der Waals surface area contributed by atoms with Crippen molar-refractivity contribution in [3.05, 3.63) is 58.4 Å². The Kier molecular flexibility index (Phi) is 6.68. The van der Waals surface area contributed by atoms with Crippen molar-refractivity contribution in [1.82, 2.24) is 4.31 Å². The average molecular weight is 465 g/mol. The summed E-state index contributed by atoms with van der Waals surface area (Å²) in [7, 11) is -4.39. The van der Waals surface area contributed by atoms with Crippen LogP contribution in [0.25, 0.3) is 0 Å². The lowest BCUT2D eigenvalue weighted by Gasteiger charge is -2.21. The summed E-state index contributed by atoms with van der Waals surface area (Å²) in [4.78, 5) is 11.7. The molecule has 7 nitrogen and oxygen atoms in total. The summed E-state index contributed by atoms with van der Waals surface area (Å²) in [5.74, 6) is -4.56. The second-order valence-electron chi connectivity index (χ2n) is 6.44. The van der Waals surface area contributed by atoms with Crippen molar-refractivity contribution in [2.24, 2.45) is 0 Å². The Hall–Kier alpha value is -2.18. The van der Waals surface area contributed by atoms with Crippen molar-refractivity contribution in [3.8, 4) is 0 Å². The Morgan fingerprint density at radius 1 is 1.20 bits per heavy atom. The molecule has 0 spiro atoms. The first-order chi connectivity index (χ1) is 14.1. The molecule has 0 radical (unpaired) electrons. The minimum absolute atomic E-state index is 0.00890. The fourth-order valence-electron chi connectivity index (χ4n) is 2.80. The average Bonchev–Trinajstić information content (AvgIpc) is 2.91. The predicted octanol–water partition coefficient (Wildman–Crippen LogP) is 2.39. The van der Waals surface area contributed by atoms with Gasteiger partial charge in [0.1, 0.15) is 10.7 Å². The number of hydrogen-bond donors (Lipinski definition) is 2. The minimum atomic E-state index is -4.39. The molecule has 3 rings (SSSR count). The summed E-state index contributed by atoms with van der Waals surface area (Å²) < 4.78 is 72.7. The lowest BCUT2D eigenvalue weighted by Crippen LogP contribution is -2.38. The third-order valence-corrected chi connectivity index (χ3v) is 6.42. The quantitative estimate of drug-likeness (QED) is 0.677. The maximum absolute atomic E-state index is 14.3. The van der Waals surface area contributed by atoms with Crippen LogP contribution in [0.3, 0.4) is 0 Å². The zero-order chi connectivity index (χ0) is 22.1. The highest BCUT2D eigenvalue weighted by molar-refractivity contribution is 7.89. The number of aliphatic hydroxyl groups excluding tert-OH is 1. The maximum atomic E-state index is 14.3. The van der Waals surface area contributed by atoms with E-state index >= 15 is 0 Å². The molecule has 1 heterocycles. The van der Waals surface area contributed by atoms with Gasteiger partial charge in [0.05, 0.1) is 24.3 Å². The van der Waals surface area contributed by atoms with E-state index in [-0.39, 0.29) is 37.6 Å². The fraction of sp³-hybridized carbons (Fsp3) is 0.278. The number of anilines is 1. The maximum Gasteiger partial charge on any atom is 0.255 e. The van der Waals surface area contributed by atoms with Crippen molar-refractivity contribution in [1.29, 1.82) is 0 Å². The molecule has 2 aromatic carbocycles. The molecule has 30 heavy (non-hydrogen) atoms. The van der Waals surface area contributed by atoms with Gasteiger partial charge in [0.25, 0.3) is 5.91 Å². The molecule has 1 aliphatic rings. The number of β-amino-alcohol motifs (C(OH)–C–C–N with tert-alkyl or cyclic N) is 1. The van der Waals surface area contributed by atoms with E-state index in [9.17, 15) is 31.5 Å². The van der Waals surface area contributed by atoms with Crippen molar-refractivity contribution in [2.75, 3.05) is 31.6 Å². The molecule has 1 atom stereocenters. The summed E-state index contributed by atoms with van der Waals surface area (Å²) in [5.41, 5.74) is -0.423. The molecule has 1 fully saturated rings. The summed E-state index contributed by atoms with van der Waals surface area (Å²) in [6.45, 7) is -0.461. The molecule has 162 valence electrons. The van der Waals surface area contributed by atoms with Gasteiger partial charge in [0, 0.05) is 30.4 Å². The largest absolute Gasteiger partial charge is 0.389 e. The topological polar surface area (TPSA) is 95.9 Å². The molecule has 1 amide bonds. The van der Waals surface area contributed by atoms with Crippen molar-refractivity contribution in [2.45, 2.75) is 11.0 Å². The van der Waals surface area contributed by atoms with E-state index in [1.165, 1.54) is 0 Å². The van der Waals surface area contributed by atoms with Gasteiger partial charge in [-0.1, -0.05) is 11.6 Å². The normalized spacial score (nSPS) is 18.1. The number of rotatable bonds is 4. The van der Waals surface area contributed by atoms with Gasteiger partial charge in [-0.15, -0.1) is 0 Å². The third kappa shape index (κ3) is 4.76. The van der Waals surface area contributed by atoms with Crippen LogP contribution in [0.15, 0.2) is 35.2 Å². The molecular formula is C18H16ClF3N2O5S. The predicted molar refractivity (Wildman–Crippen MR) is 101 cm³/mol. The number of halogens is 4. The first-order valence-electron chi connectivity index (χ1n) is 8.61. The van der Waals surface area contributed by atoms with Crippen LogP contribution in [0.4, 0.5) is 18.9 Å². The number of nitrogens with zero attached hydrogens (tertiary/aromatic N) is 1. The zero-order valence-corrected chi connectivity index (χ0v) is 16.8. The van der Waals surface area contributed by atoms with Gasteiger partial charge in [0.2, 0.25) is 10.0 Å². The first kappa shape index (κ1) is 22.5. The Balaban J connectivity index is 1.90. The molecule has 0 saturated carbocycles. The van der Waals surface area contributed by atoms with E-state index in [1.54, 1.807) is 0 Å². The second kappa shape index (κ2) is 8.90. The van der Waals surface area contributed by atoms with E-state index in [4.69, 9.17) is 16.3 Å². The number of carbonyl (C=O) groups excluding carboxylic acids is 1. The van der Waals surface area contributed by atoms with Crippen LogP contribution in [0.5, 0.6) is 0 Å². The Morgan fingerprint density at radius 2 is 1.93 bits per heavy atom. The van der Waals surface area contributed by atoms with Crippen LogP contribution in [0.2, 0.25) is 5.02 Å². The van der Waals surface area contributed by atoms with Gasteiger partial charge in [-0.25, -0.2) is 21.6 Å². The van der Waals surface area contributed by atoms with E-state index in [1.807, 2.05) is 0 Å². The first-order valence-corrected chi connectivity index (χ1v) is 10.4. The number of hydrogen-bond acceptors (Lipinski definition) is 5. The summed E-state index contributed by atoms with van der Waals surface area (Å²) in [5, 5.41) is 11.4. The molecule has 12 heteroatoms. The number of nitrogens with one attached hydrogen (secondary N) is 1. The SMILES string of the molecule is O=C(Nc1cc(F)c(F)c(Cl)c1)c1ccc(F)c(S(=O)(=O)N2CCOCC(O)C2)c1.